The van der Waals surface area contributed by atoms with E-state index in [-0.39, 0.29) is 36.3 Å². The highest BCUT2D eigenvalue weighted by Gasteiger charge is 2.42. The summed E-state index contributed by atoms with van der Waals surface area (Å²) in [6.45, 7) is 1.40. The molecular formula is C23H27FN2O2. The Bertz CT molecular complexity index is 792. The van der Waals surface area contributed by atoms with Crippen LogP contribution in [0.3, 0.4) is 0 Å². The fourth-order valence-corrected chi connectivity index (χ4v) is 4.36. The molecule has 4 nitrogen and oxygen atoms in total. The van der Waals surface area contributed by atoms with E-state index in [0.29, 0.717) is 18.0 Å². The van der Waals surface area contributed by atoms with E-state index in [0.717, 1.165) is 19.4 Å². The van der Waals surface area contributed by atoms with Crippen LogP contribution in [-0.4, -0.2) is 47.7 Å². The second kappa shape index (κ2) is 8.41. The quantitative estimate of drug-likeness (QED) is 0.773. The summed E-state index contributed by atoms with van der Waals surface area (Å²) in [7, 11) is 0. The van der Waals surface area contributed by atoms with Gasteiger partial charge in [0, 0.05) is 36.7 Å². The Balaban J connectivity index is 1.51. The van der Waals surface area contributed by atoms with Crippen molar-refractivity contribution in [2.24, 2.45) is 5.92 Å². The van der Waals surface area contributed by atoms with Gasteiger partial charge in [-0.15, -0.1) is 0 Å². The van der Waals surface area contributed by atoms with Gasteiger partial charge >= 0.3 is 0 Å². The molecule has 1 heterocycles. The molecule has 1 saturated carbocycles. The number of carbonyl (C=O) groups excluding carboxylic acids is 1. The van der Waals surface area contributed by atoms with Crippen LogP contribution in [0.1, 0.15) is 41.1 Å². The molecule has 28 heavy (non-hydrogen) atoms. The van der Waals surface area contributed by atoms with E-state index in [2.05, 4.69) is 17.4 Å². The molecule has 2 N–H and O–H groups in total. The van der Waals surface area contributed by atoms with E-state index in [1.54, 1.807) is 12.1 Å². The Morgan fingerprint density at radius 3 is 2.36 bits per heavy atom. The van der Waals surface area contributed by atoms with Crippen molar-refractivity contribution in [2.75, 3.05) is 19.7 Å². The minimum atomic E-state index is -0.335. The number of hydrogen-bond donors (Lipinski definition) is 2. The zero-order valence-electron chi connectivity index (χ0n) is 15.9. The predicted octanol–water partition coefficient (Wildman–Crippen LogP) is 3.18. The van der Waals surface area contributed by atoms with Crippen molar-refractivity contribution in [1.29, 1.82) is 0 Å². The van der Waals surface area contributed by atoms with Crippen molar-refractivity contribution >= 4 is 5.91 Å². The maximum atomic E-state index is 13.3. The number of rotatable bonds is 7. The van der Waals surface area contributed by atoms with E-state index in [1.165, 1.54) is 24.1 Å². The van der Waals surface area contributed by atoms with Gasteiger partial charge in [0.15, 0.2) is 0 Å². The first-order valence-corrected chi connectivity index (χ1v) is 10.1. The zero-order chi connectivity index (χ0) is 19.5. The van der Waals surface area contributed by atoms with Crippen LogP contribution in [0.5, 0.6) is 0 Å². The van der Waals surface area contributed by atoms with Crippen LogP contribution in [0, 0.1) is 11.7 Å². The summed E-state index contributed by atoms with van der Waals surface area (Å²) in [6, 6.07) is 16.1. The van der Waals surface area contributed by atoms with Crippen LogP contribution in [-0.2, 0) is 0 Å². The molecule has 1 aliphatic carbocycles. The van der Waals surface area contributed by atoms with Crippen molar-refractivity contribution in [3.63, 3.8) is 0 Å². The number of aliphatic hydroxyl groups excluding tert-OH is 1. The first-order valence-electron chi connectivity index (χ1n) is 10.1. The number of nitrogens with zero attached hydrogens (tertiary/aromatic N) is 1. The number of halogens is 1. The maximum Gasteiger partial charge on any atom is 0.253 e. The first kappa shape index (κ1) is 19.1. The molecule has 4 rings (SSSR count). The number of carbonyl (C=O) groups is 1. The lowest BCUT2D eigenvalue weighted by atomic mass is 9.77. The molecule has 0 bridgehead atoms. The number of nitrogens with one attached hydrogen (secondary N) is 1. The molecule has 2 aromatic carbocycles. The van der Waals surface area contributed by atoms with Crippen LogP contribution >= 0.6 is 0 Å². The van der Waals surface area contributed by atoms with Crippen molar-refractivity contribution in [3.8, 4) is 0 Å². The van der Waals surface area contributed by atoms with Gasteiger partial charge < -0.3 is 15.3 Å². The summed E-state index contributed by atoms with van der Waals surface area (Å²) in [5.41, 5.74) is 1.71. The molecule has 0 radical (unpaired) electrons. The molecule has 2 aromatic rings. The van der Waals surface area contributed by atoms with Crippen LogP contribution in [0.25, 0.3) is 0 Å². The lowest BCUT2D eigenvalue weighted by Crippen LogP contribution is -2.65. The SMILES string of the molecule is O=C(c1ccc(F)cc1)N(CC1CCC1)C[C@H]1N[C@@H](CO)[C@H]1c1ccccc1. The zero-order valence-corrected chi connectivity index (χ0v) is 15.9. The maximum absolute atomic E-state index is 13.3. The summed E-state index contributed by atoms with van der Waals surface area (Å²) in [6.07, 6.45) is 3.55. The fourth-order valence-electron chi connectivity index (χ4n) is 4.36. The number of hydrogen-bond acceptors (Lipinski definition) is 3. The summed E-state index contributed by atoms with van der Waals surface area (Å²) in [5, 5.41) is 13.1. The van der Waals surface area contributed by atoms with E-state index >= 15 is 0 Å². The second-order valence-electron chi connectivity index (χ2n) is 8.01. The molecular weight excluding hydrogens is 355 g/mol. The van der Waals surface area contributed by atoms with Crippen LogP contribution in [0.4, 0.5) is 4.39 Å². The summed E-state index contributed by atoms with van der Waals surface area (Å²) in [5.74, 6) is 0.343. The molecule has 2 fully saturated rings. The van der Waals surface area contributed by atoms with Gasteiger partial charge in [0.2, 0.25) is 0 Å². The molecule has 148 valence electrons. The van der Waals surface area contributed by atoms with Gasteiger partial charge in [-0.2, -0.15) is 0 Å². The third-order valence-electron chi connectivity index (χ3n) is 6.18. The predicted molar refractivity (Wildman–Crippen MR) is 107 cm³/mol. The van der Waals surface area contributed by atoms with E-state index in [9.17, 15) is 14.3 Å². The largest absolute Gasteiger partial charge is 0.395 e. The Morgan fingerprint density at radius 1 is 1.04 bits per heavy atom. The average molecular weight is 382 g/mol. The highest BCUT2D eigenvalue weighted by Crippen LogP contribution is 2.34. The molecule has 1 amide bonds. The van der Waals surface area contributed by atoms with Crippen molar-refractivity contribution < 1.29 is 14.3 Å². The molecule has 0 aromatic heterocycles. The molecule has 1 aliphatic heterocycles. The smallest absolute Gasteiger partial charge is 0.253 e. The normalized spacial score (nSPS) is 24.3. The first-order chi connectivity index (χ1) is 13.7. The summed E-state index contributed by atoms with van der Waals surface area (Å²) >= 11 is 0. The van der Waals surface area contributed by atoms with Crippen LogP contribution < -0.4 is 5.32 Å². The monoisotopic (exact) mass is 382 g/mol. The van der Waals surface area contributed by atoms with Gasteiger partial charge in [0.25, 0.3) is 5.91 Å². The van der Waals surface area contributed by atoms with Crippen molar-refractivity contribution in [1.82, 2.24) is 10.2 Å². The van der Waals surface area contributed by atoms with Gasteiger partial charge in [-0.1, -0.05) is 36.8 Å². The third-order valence-corrected chi connectivity index (χ3v) is 6.18. The topological polar surface area (TPSA) is 52.6 Å². The lowest BCUT2D eigenvalue weighted by Gasteiger charge is -2.48. The molecule has 0 unspecified atom stereocenters. The standard InChI is InChI=1S/C23H27FN2O2/c24-19-11-9-18(10-12-19)23(28)26(13-16-5-4-6-16)14-20-22(21(15-27)25-20)17-7-2-1-3-8-17/h1-3,7-12,16,20-22,25,27H,4-6,13-15H2/t20-,21+,22+/m1/s1. The second-order valence-corrected chi connectivity index (χ2v) is 8.01. The van der Waals surface area contributed by atoms with Crippen molar-refractivity contribution in [2.45, 2.75) is 37.3 Å². The Morgan fingerprint density at radius 2 is 1.75 bits per heavy atom. The van der Waals surface area contributed by atoms with Gasteiger partial charge in [-0.3, -0.25) is 4.79 Å². The highest BCUT2D eigenvalue weighted by atomic mass is 19.1. The third kappa shape index (κ3) is 3.96. The Labute approximate surface area is 165 Å². The van der Waals surface area contributed by atoms with Crippen LogP contribution in [0.15, 0.2) is 54.6 Å². The van der Waals surface area contributed by atoms with Crippen LogP contribution in [0.2, 0.25) is 0 Å². The molecule has 1 saturated heterocycles. The molecule has 0 spiro atoms. The van der Waals surface area contributed by atoms with Gasteiger partial charge in [0.05, 0.1) is 6.61 Å². The lowest BCUT2D eigenvalue weighted by molar-refractivity contribution is 0.0554. The van der Waals surface area contributed by atoms with E-state index in [1.807, 2.05) is 23.1 Å². The summed E-state index contributed by atoms with van der Waals surface area (Å²) < 4.78 is 13.3. The number of benzene rings is 2. The van der Waals surface area contributed by atoms with Gasteiger partial charge in [0.1, 0.15) is 5.82 Å². The average Bonchev–Trinajstić information content (AvgIpc) is 2.66. The molecule has 2 aliphatic rings. The summed E-state index contributed by atoms with van der Waals surface area (Å²) in [4.78, 5) is 15.0. The van der Waals surface area contributed by atoms with Crippen molar-refractivity contribution in [3.05, 3.63) is 71.5 Å². The Hall–Kier alpha value is -2.24. The van der Waals surface area contributed by atoms with Gasteiger partial charge in [-0.25, -0.2) is 4.39 Å². The highest BCUT2D eigenvalue weighted by molar-refractivity contribution is 5.94. The fraction of sp³-hybridized carbons (Fsp3) is 0.435. The molecule has 5 heteroatoms. The van der Waals surface area contributed by atoms with Gasteiger partial charge in [-0.05, 0) is 48.6 Å². The minimum absolute atomic E-state index is 0.0128. The number of aliphatic hydroxyl groups is 1. The minimum Gasteiger partial charge on any atom is -0.395 e. The molecule has 3 atom stereocenters. The Kier molecular flexibility index (Phi) is 5.74. The number of amides is 1. The van der Waals surface area contributed by atoms with E-state index in [4.69, 9.17) is 0 Å². The van der Waals surface area contributed by atoms with E-state index < -0.39 is 0 Å².